The second kappa shape index (κ2) is 6.31. The van der Waals surface area contributed by atoms with E-state index in [2.05, 4.69) is 22.4 Å². The summed E-state index contributed by atoms with van der Waals surface area (Å²) in [7, 11) is 0. The van der Waals surface area contributed by atoms with E-state index in [9.17, 15) is 4.79 Å². The number of nitrogens with zero attached hydrogens (tertiary/aromatic N) is 1. The van der Waals surface area contributed by atoms with Crippen molar-refractivity contribution in [1.29, 1.82) is 0 Å². The Morgan fingerprint density at radius 3 is 2.90 bits per heavy atom. The standard InChI is InChI=1S/C17H18N2OS/c1-12(21-16-7-2-3-10-18-16)17(20)19-15-9-8-13-5-4-6-14(13)11-15/h2-3,7-12H,4-6H2,1H3,(H,19,20). The summed E-state index contributed by atoms with van der Waals surface area (Å²) in [5.74, 6) is 0.0172. The van der Waals surface area contributed by atoms with Crippen LogP contribution in [0.4, 0.5) is 5.69 Å². The number of fused-ring (bicyclic) bond motifs is 1. The highest BCUT2D eigenvalue weighted by atomic mass is 32.2. The maximum Gasteiger partial charge on any atom is 0.237 e. The summed E-state index contributed by atoms with van der Waals surface area (Å²) in [6, 6.07) is 12.0. The van der Waals surface area contributed by atoms with Gasteiger partial charge in [-0.05, 0) is 61.6 Å². The zero-order valence-corrected chi connectivity index (χ0v) is 12.8. The Bertz CT molecular complexity index is 642. The number of anilines is 1. The van der Waals surface area contributed by atoms with Crippen molar-refractivity contribution < 1.29 is 4.79 Å². The molecule has 4 heteroatoms. The topological polar surface area (TPSA) is 42.0 Å². The number of carbonyl (C=O) groups excluding carboxylic acids is 1. The van der Waals surface area contributed by atoms with E-state index >= 15 is 0 Å². The van der Waals surface area contributed by atoms with Crippen molar-refractivity contribution in [3.05, 3.63) is 53.7 Å². The number of hydrogen-bond donors (Lipinski definition) is 1. The zero-order valence-electron chi connectivity index (χ0n) is 12.0. The molecule has 0 fully saturated rings. The van der Waals surface area contributed by atoms with Crippen LogP contribution in [-0.4, -0.2) is 16.1 Å². The molecule has 0 radical (unpaired) electrons. The van der Waals surface area contributed by atoms with Crippen molar-refractivity contribution in [2.24, 2.45) is 0 Å². The van der Waals surface area contributed by atoms with E-state index in [-0.39, 0.29) is 11.2 Å². The highest BCUT2D eigenvalue weighted by molar-refractivity contribution is 8.00. The fourth-order valence-electron chi connectivity index (χ4n) is 2.54. The molecule has 21 heavy (non-hydrogen) atoms. The summed E-state index contributed by atoms with van der Waals surface area (Å²) >= 11 is 1.47. The minimum atomic E-state index is -0.173. The van der Waals surface area contributed by atoms with Gasteiger partial charge in [-0.1, -0.05) is 23.9 Å². The van der Waals surface area contributed by atoms with Crippen molar-refractivity contribution in [3.8, 4) is 0 Å². The predicted octanol–water partition coefficient (Wildman–Crippen LogP) is 3.69. The molecule has 1 amide bonds. The van der Waals surface area contributed by atoms with Crippen LogP contribution in [-0.2, 0) is 17.6 Å². The van der Waals surface area contributed by atoms with Crippen LogP contribution in [0.3, 0.4) is 0 Å². The summed E-state index contributed by atoms with van der Waals surface area (Å²) in [5.41, 5.74) is 3.69. The lowest BCUT2D eigenvalue weighted by atomic mass is 10.1. The highest BCUT2D eigenvalue weighted by Gasteiger charge is 2.16. The van der Waals surface area contributed by atoms with Gasteiger partial charge < -0.3 is 5.32 Å². The van der Waals surface area contributed by atoms with Gasteiger partial charge in [0, 0.05) is 11.9 Å². The highest BCUT2D eigenvalue weighted by Crippen LogP contribution is 2.26. The van der Waals surface area contributed by atoms with Gasteiger partial charge in [-0.25, -0.2) is 4.98 Å². The molecule has 1 unspecified atom stereocenters. The molecule has 3 rings (SSSR count). The lowest BCUT2D eigenvalue weighted by Crippen LogP contribution is -2.22. The molecular formula is C17H18N2OS. The number of pyridine rings is 1. The van der Waals surface area contributed by atoms with Crippen molar-refractivity contribution in [2.45, 2.75) is 36.5 Å². The smallest absolute Gasteiger partial charge is 0.237 e. The Morgan fingerprint density at radius 1 is 1.24 bits per heavy atom. The van der Waals surface area contributed by atoms with Crippen molar-refractivity contribution in [3.63, 3.8) is 0 Å². The third-order valence-electron chi connectivity index (χ3n) is 3.67. The molecule has 1 aromatic carbocycles. The molecule has 1 aliphatic carbocycles. The minimum absolute atomic E-state index is 0.0172. The van der Waals surface area contributed by atoms with Gasteiger partial charge in [-0.15, -0.1) is 0 Å². The molecule has 0 bridgehead atoms. The molecule has 0 aliphatic heterocycles. The molecule has 0 spiro atoms. The van der Waals surface area contributed by atoms with Gasteiger partial charge in [0.25, 0.3) is 0 Å². The number of benzene rings is 1. The van der Waals surface area contributed by atoms with E-state index in [0.29, 0.717) is 0 Å². The van der Waals surface area contributed by atoms with Crippen LogP contribution in [0.25, 0.3) is 0 Å². The molecular weight excluding hydrogens is 280 g/mol. The van der Waals surface area contributed by atoms with E-state index in [1.54, 1.807) is 6.20 Å². The average Bonchev–Trinajstić information content (AvgIpc) is 2.95. The normalized spacial score (nSPS) is 14.5. The van der Waals surface area contributed by atoms with Gasteiger partial charge >= 0.3 is 0 Å². The van der Waals surface area contributed by atoms with Crippen LogP contribution >= 0.6 is 11.8 Å². The molecule has 2 aromatic rings. The number of aromatic nitrogens is 1. The number of rotatable bonds is 4. The van der Waals surface area contributed by atoms with Gasteiger partial charge in [0.2, 0.25) is 5.91 Å². The molecule has 0 saturated heterocycles. The molecule has 108 valence electrons. The lowest BCUT2D eigenvalue weighted by Gasteiger charge is -2.12. The second-order valence-electron chi connectivity index (χ2n) is 5.25. The quantitative estimate of drug-likeness (QED) is 0.875. The first-order valence-electron chi connectivity index (χ1n) is 7.23. The number of amides is 1. The van der Waals surface area contributed by atoms with Crippen LogP contribution in [0.1, 0.15) is 24.5 Å². The van der Waals surface area contributed by atoms with Gasteiger partial charge in [0.15, 0.2) is 0 Å². The average molecular weight is 298 g/mol. The molecule has 3 nitrogen and oxygen atoms in total. The van der Waals surface area contributed by atoms with E-state index in [1.807, 2.05) is 31.2 Å². The molecule has 1 aromatic heterocycles. The number of nitrogens with one attached hydrogen (secondary N) is 1. The largest absolute Gasteiger partial charge is 0.325 e. The Balaban J connectivity index is 1.63. The predicted molar refractivity (Wildman–Crippen MR) is 86.7 cm³/mol. The summed E-state index contributed by atoms with van der Waals surface area (Å²) in [4.78, 5) is 16.5. The van der Waals surface area contributed by atoms with Crippen LogP contribution in [0.5, 0.6) is 0 Å². The monoisotopic (exact) mass is 298 g/mol. The van der Waals surface area contributed by atoms with E-state index in [1.165, 1.54) is 29.3 Å². The van der Waals surface area contributed by atoms with Gasteiger partial charge in [0.1, 0.15) is 0 Å². The number of aryl methyl sites for hydroxylation is 2. The summed E-state index contributed by atoms with van der Waals surface area (Å²) < 4.78 is 0. The van der Waals surface area contributed by atoms with Crippen LogP contribution in [0, 0.1) is 0 Å². The molecule has 1 heterocycles. The molecule has 1 atom stereocenters. The van der Waals surface area contributed by atoms with E-state index < -0.39 is 0 Å². The number of carbonyl (C=O) groups is 1. The van der Waals surface area contributed by atoms with E-state index in [4.69, 9.17) is 0 Å². The first-order valence-corrected chi connectivity index (χ1v) is 8.11. The zero-order chi connectivity index (χ0) is 14.7. The third kappa shape index (κ3) is 3.45. The fourth-order valence-corrected chi connectivity index (χ4v) is 3.35. The third-order valence-corrected chi connectivity index (χ3v) is 4.72. The van der Waals surface area contributed by atoms with Crippen molar-refractivity contribution in [2.75, 3.05) is 5.32 Å². The molecule has 0 saturated carbocycles. The molecule has 1 N–H and O–H groups in total. The number of thioether (sulfide) groups is 1. The Kier molecular flexibility index (Phi) is 4.25. The SMILES string of the molecule is CC(Sc1ccccn1)C(=O)Nc1ccc2c(c1)CCC2. The van der Waals surface area contributed by atoms with Crippen molar-refractivity contribution >= 4 is 23.4 Å². The number of hydrogen-bond acceptors (Lipinski definition) is 3. The van der Waals surface area contributed by atoms with E-state index in [0.717, 1.165) is 23.6 Å². The summed E-state index contributed by atoms with van der Waals surface area (Å²) in [6.07, 6.45) is 5.25. The Labute approximate surface area is 129 Å². The summed E-state index contributed by atoms with van der Waals surface area (Å²) in [6.45, 7) is 1.90. The van der Waals surface area contributed by atoms with Crippen molar-refractivity contribution in [1.82, 2.24) is 4.98 Å². The maximum atomic E-state index is 12.3. The fraction of sp³-hybridized carbons (Fsp3) is 0.294. The second-order valence-corrected chi connectivity index (χ2v) is 6.62. The minimum Gasteiger partial charge on any atom is -0.325 e. The summed E-state index contributed by atoms with van der Waals surface area (Å²) in [5, 5.41) is 3.70. The maximum absolute atomic E-state index is 12.3. The Morgan fingerprint density at radius 2 is 2.10 bits per heavy atom. The Hall–Kier alpha value is -1.81. The van der Waals surface area contributed by atoms with Crippen LogP contribution in [0.2, 0.25) is 0 Å². The first-order chi connectivity index (χ1) is 10.2. The van der Waals surface area contributed by atoms with Gasteiger partial charge in [-0.2, -0.15) is 0 Å². The molecule has 1 aliphatic rings. The lowest BCUT2D eigenvalue weighted by molar-refractivity contribution is -0.115. The van der Waals surface area contributed by atoms with Gasteiger partial charge in [0.05, 0.1) is 10.3 Å². The van der Waals surface area contributed by atoms with Crippen LogP contribution < -0.4 is 5.32 Å². The van der Waals surface area contributed by atoms with Gasteiger partial charge in [-0.3, -0.25) is 4.79 Å². The first kappa shape index (κ1) is 14.1. The van der Waals surface area contributed by atoms with Crippen LogP contribution in [0.15, 0.2) is 47.6 Å².